The van der Waals surface area contributed by atoms with Crippen molar-refractivity contribution in [1.82, 2.24) is 0 Å². The molecule has 0 aliphatic heterocycles. The van der Waals surface area contributed by atoms with Crippen LogP contribution in [0.3, 0.4) is 0 Å². The Morgan fingerprint density at radius 2 is 1.79 bits per heavy atom. The van der Waals surface area contributed by atoms with E-state index in [1.807, 2.05) is 12.1 Å². The lowest BCUT2D eigenvalue weighted by atomic mass is 10.2. The van der Waals surface area contributed by atoms with Crippen LogP contribution in [-0.4, -0.2) is 15.4 Å². The number of aryl methyl sites for hydroxylation is 1. The second-order valence-corrected chi connectivity index (χ2v) is 8.52. The average molecular weight is 212 g/mol. The van der Waals surface area contributed by atoms with Gasteiger partial charge in [-0.3, -0.25) is 0 Å². The van der Waals surface area contributed by atoms with Gasteiger partial charge in [-0.1, -0.05) is 12.1 Å². The molecule has 0 aliphatic rings. The third-order valence-electron chi connectivity index (χ3n) is 2.48. The third kappa shape index (κ3) is 3.60. The highest BCUT2D eigenvalue weighted by molar-refractivity contribution is 6.71. The molecule has 0 spiro atoms. The summed E-state index contributed by atoms with van der Waals surface area (Å²) in [6, 6.07) is 7.79. The number of halogens is 1. The fraction of sp³-hybridized carbons (Fsp3) is 0.455. The van der Waals surface area contributed by atoms with Crippen LogP contribution in [0.15, 0.2) is 24.3 Å². The molecule has 1 aromatic rings. The number of hydrogen-bond donors (Lipinski definition) is 0. The van der Waals surface area contributed by atoms with Crippen LogP contribution in [0.2, 0.25) is 19.1 Å². The zero-order valence-corrected chi connectivity index (χ0v) is 10.0. The summed E-state index contributed by atoms with van der Waals surface area (Å²) in [5.74, 6) is -0.169. The van der Waals surface area contributed by atoms with Crippen molar-refractivity contribution in [2.45, 2.75) is 25.6 Å². The molecule has 0 atom stereocenters. The Balaban J connectivity index is 2.50. The van der Waals surface area contributed by atoms with Crippen LogP contribution < -0.4 is 0 Å². The Morgan fingerprint density at radius 1 is 1.21 bits per heavy atom. The second-order valence-electron chi connectivity index (χ2n) is 4.09. The minimum Gasteiger partial charge on any atom is -0.420 e. The zero-order chi connectivity index (χ0) is 10.6. The predicted octanol–water partition coefficient (Wildman–Crippen LogP) is 3.22. The van der Waals surface area contributed by atoms with E-state index >= 15 is 0 Å². The molecule has 0 amide bonds. The minimum atomic E-state index is -1.47. The first-order chi connectivity index (χ1) is 6.53. The first-order valence-electron chi connectivity index (χ1n) is 4.83. The van der Waals surface area contributed by atoms with Crippen molar-refractivity contribution in [3.05, 3.63) is 35.6 Å². The molecule has 0 fully saturated rings. The van der Waals surface area contributed by atoms with Crippen molar-refractivity contribution in [2.24, 2.45) is 0 Å². The summed E-state index contributed by atoms with van der Waals surface area (Å²) in [5, 5.41) is 0. The summed E-state index contributed by atoms with van der Waals surface area (Å²) < 4.78 is 18.1. The maximum Gasteiger partial charge on any atom is 0.186 e. The van der Waals surface area contributed by atoms with Gasteiger partial charge in [0.05, 0.1) is 0 Å². The Bertz CT molecular complexity index is 282. The van der Waals surface area contributed by atoms with Crippen molar-refractivity contribution in [3.63, 3.8) is 0 Å². The van der Waals surface area contributed by atoms with Crippen molar-refractivity contribution in [1.29, 1.82) is 0 Å². The Morgan fingerprint density at radius 3 is 2.29 bits per heavy atom. The van der Waals surface area contributed by atoms with Crippen LogP contribution in [0.4, 0.5) is 4.39 Å². The van der Waals surface area contributed by atoms with Gasteiger partial charge in [0.1, 0.15) is 5.82 Å². The molecule has 0 heterocycles. The SMILES string of the molecule is CO[Si](C)(C)CCc1ccc(F)cc1. The molecule has 3 heteroatoms. The van der Waals surface area contributed by atoms with Gasteiger partial charge in [0.25, 0.3) is 0 Å². The molecule has 0 aliphatic carbocycles. The molecule has 1 aromatic carbocycles. The largest absolute Gasteiger partial charge is 0.420 e. The minimum absolute atomic E-state index is 0.169. The molecular formula is C11H17FOSi. The van der Waals surface area contributed by atoms with Gasteiger partial charge >= 0.3 is 0 Å². The van der Waals surface area contributed by atoms with Gasteiger partial charge < -0.3 is 4.43 Å². The summed E-state index contributed by atoms with van der Waals surface area (Å²) >= 11 is 0. The van der Waals surface area contributed by atoms with Crippen LogP contribution in [-0.2, 0) is 10.8 Å². The summed E-state index contributed by atoms with van der Waals surface area (Å²) in [5.41, 5.74) is 1.18. The maximum absolute atomic E-state index is 12.6. The van der Waals surface area contributed by atoms with Gasteiger partial charge in [-0.2, -0.15) is 0 Å². The molecule has 14 heavy (non-hydrogen) atoms. The van der Waals surface area contributed by atoms with E-state index in [1.54, 1.807) is 7.11 Å². The highest BCUT2D eigenvalue weighted by Crippen LogP contribution is 2.14. The lowest BCUT2D eigenvalue weighted by Gasteiger charge is -2.19. The molecule has 0 saturated heterocycles. The molecule has 0 N–H and O–H groups in total. The molecule has 1 nitrogen and oxygen atoms in total. The van der Waals surface area contributed by atoms with Gasteiger partial charge in [-0.25, -0.2) is 4.39 Å². The van der Waals surface area contributed by atoms with Crippen molar-refractivity contribution in [3.8, 4) is 0 Å². The van der Waals surface area contributed by atoms with Crippen LogP contribution in [0, 0.1) is 5.82 Å². The molecular weight excluding hydrogens is 195 g/mol. The standard InChI is InChI=1S/C11H17FOSi/c1-13-14(2,3)9-8-10-4-6-11(12)7-5-10/h4-7H,8-9H2,1-3H3. The van der Waals surface area contributed by atoms with E-state index in [0.717, 1.165) is 12.5 Å². The predicted molar refractivity (Wildman–Crippen MR) is 59.4 cm³/mol. The smallest absolute Gasteiger partial charge is 0.186 e. The highest BCUT2D eigenvalue weighted by atomic mass is 28.4. The number of hydrogen-bond acceptors (Lipinski definition) is 1. The molecule has 0 aromatic heterocycles. The Labute approximate surface area is 86.0 Å². The van der Waals surface area contributed by atoms with Gasteiger partial charge in [0.15, 0.2) is 8.32 Å². The van der Waals surface area contributed by atoms with Crippen LogP contribution >= 0.6 is 0 Å². The van der Waals surface area contributed by atoms with E-state index in [4.69, 9.17) is 4.43 Å². The van der Waals surface area contributed by atoms with E-state index in [2.05, 4.69) is 13.1 Å². The van der Waals surface area contributed by atoms with Crippen molar-refractivity contribution < 1.29 is 8.82 Å². The lowest BCUT2D eigenvalue weighted by Crippen LogP contribution is -2.28. The molecule has 0 unspecified atom stereocenters. The van der Waals surface area contributed by atoms with E-state index < -0.39 is 8.32 Å². The molecule has 0 bridgehead atoms. The summed E-state index contributed by atoms with van der Waals surface area (Å²) in [6.07, 6.45) is 0.980. The topological polar surface area (TPSA) is 9.23 Å². The van der Waals surface area contributed by atoms with Crippen LogP contribution in [0.25, 0.3) is 0 Å². The highest BCUT2D eigenvalue weighted by Gasteiger charge is 2.19. The summed E-state index contributed by atoms with van der Waals surface area (Å²) in [7, 11) is 0.307. The van der Waals surface area contributed by atoms with Gasteiger partial charge in [-0.15, -0.1) is 0 Å². The van der Waals surface area contributed by atoms with Crippen molar-refractivity contribution >= 4 is 8.32 Å². The third-order valence-corrected chi connectivity index (χ3v) is 5.04. The molecule has 0 radical (unpaired) electrons. The lowest BCUT2D eigenvalue weighted by molar-refractivity contribution is 0.403. The van der Waals surface area contributed by atoms with Crippen molar-refractivity contribution in [2.75, 3.05) is 7.11 Å². The van der Waals surface area contributed by atoms with E-state index in [0.29, 0.717) is 0 Å². The summed E-state index contributed by atoms with van der Waals surface area (Å²) in [6.45, 7) is 4.38. The Hall–Kier alpha value is -0.673. The molecule has 1 rings (SSSR count). The monoisotopic (exact) mass is 212 g/mol. The summed E-state index contributed by atoms with van der Waals surface area (Å²) in [4.78, 5) is 0. The normalized spacial score (nSPS) is 11.7. The zero-order valence-electron chi connectivity index (χ0n) is 9.01. The average Bonchev–Trinajstić information content (AvgIpc) is 2.17. The van der Waals surface area contributed by atoms with E-state index in [-0.39, 0.29) is 5.82 Å². The van der Waals surface area contributed by atoms with Crippen LogP contribution in [0.1, 0.15) is 5.56 Å². The molecule has 78 valence electrons. The fourth-order valence-corrected chi connectivity index (χ4v) is 2.29. The van der Waals surface area contributed by atoms with Gasteiger partial charge in [0, 0.05) is 7.11 Å². The van der Waals surface area contributed by atoms with Crippen LogP contribution in [0.5, 0.6) is 0 Å². The first kappa shape index (κ1) is 11.4. The number of benzene rings is 1. The van der Waals surface area contributed by atoms with Gasteiger partial charge in [-0.05, 0) is 43.3 Å². The fourth-order valence-electron chi connectivity index (χ4n) is 1.20. The first-order valence-corrected chi connectivity index (χ1v) is 7.95. The molecule has 0 saturated carbocycles. The number of rotatable bonds is 4. The Kier molecular flexibility index (Phi) is 3.83. The van der Waals surface area contributed by atoms with E-state index in [9.17, 15) is 4.39 Å². The second kappa shape index (κ2) is 4.71. The quantitative estimate of drug-likeness (QED) is 0.696. The van der Waals surface area contributed by atoms with E-state index in [1.165, 1.54) is 17.7 Å². The van der Waals surface area contributed by atoms with Gasteiger partial charge in [0.2, 0.25) is 0 Å². The maximum atomic E-state index is 12.6.